The van der Waals surface area contributed by atoms with Gasteiger partial charge < -0.3 is 28.9 Å². The van der Waals surface area contributed by atoms with E-state index in [-0.39, 0.29) is 46.4 Å². The minimum absolute atomic E-state index is 0. The van der Waals surface area contributed by atoms with Gasteiger partial charge in [0.15, 0.2) is 16.6 Å². The van der Waals surface area contributed by atoms with Gasteiger partial charge in [0, 0.05) is 13.2 Å². The SMILES string of the molecule is C.C.C.C.CC(C)(C)[Si](C)(C)OCCC[C@@H](O)CO.CC(C)(C)[Si](C)(C)OCCC[C@@H](O)COCc1ccccc1. The van der Waals surface area contributed by atoms with E-state index in [1.807, 2.05) is 30.3 Å². The molecule has 0 spiro atoms. The molecule has 0 unspecified atom stereocenters. The molecule has 3 N–H and O–H groups in total. The third-order valence-corrected chi connectivity index (χ3v) is 16.6. The third-order valence-electron chi connectivity index (χ3n) is 7.53. The van der Waals surface area contributed by atoms with E-state index in [2.05, 4.69) is 67.7 Å². The fourth-order valence-electron chi connectivity index (χ4n) is 2.79. The highest BCUT2D eigenvalue weighted by atomic mass is 28.4. The molecule has 1 aromatic carbocycles. The zero-order valence-corrected chi connectivity index (χ0v) is 27.5. The molecule has 6 nitrogen and oxygen atoms in total. The summed E-state index contributed by atoms with van der Waals surface area (Å²) in [6, 6.07) is 10.0. The van der Waals surface area contributed by atoms with Crippen molar-refractivity contribution >= 4 is 16.6 Å². The van der Waals surface area contributed by atoms with Crippen molar-refractivity contribution in [3.8, 4) is 0 Å². The number of aliphatic hydroxyl groups excluding tert-OH is 3. The summed E-state index contributed by atoms with van der Waals surface area (Å²) >= 11 is 0. The average Bonchev–Trinajstić information content (AvgIpc) is 2.79. The Bertz CT molecular complexity index is 700. The predicted molar refractivity (Wildman–Crippen MR) is 187 cm³/mol. The van der Waals surface area contributed by atoms with E-state index in [0.717, 1.165) is 31.4 Å². The van der Waals surface area contributed by atoms with E-state index in [1.54, 1.807) is 0 Å². The second kappa shape index (κ2) is 23.8. The Morgan fingerprint density at radius 3 is 1.44 bits per heavy atom. The van der Waals surface area contributed by atoms with Gasteiger partial charge in [-0.05, 0) is 67.5 Å². The van der Waals surface area contributed by atoms with E-state index < -0.39 is 28.8 Å². The van der Waals surface area contributed by atoms with Crippen LogP contribution in [0.15, 0.2) is 30.3 Å². The van der Waals surface area contributed by atoms with Crippen LogP contribution < -0.4 is 0 Å². The molecule has 2 atom stereocenters. The van der Waals surface area contributed by atoms with Crippen molar-refractivity contribution in [2.45, 2.75) is 152 Å². The van der Waals surface area contributed by atoms with Crippen LogP contribution in [0.25, 0.3) is 0 Å². The van der Waals surface area contributed by atoms with Gasteiger partial charge >= 0.3 is 0 Å². The summed E-state index contributed by atoms with van der Waals surface area (Å²) in [5.41, 5.74) is 1.14. The third kappa shape index (κ3) is 22.6. The fourth-order valence-corrected chi connectivity index (χ4v) is 4.96. The molecule has 0 aliphatic carbocycles. The number of ether oxygens (including phenoxy) is 1. The summed E-state index contributed by atoms with van der Waals surface area (Å²) < 4.78 is 17.6. The molecule has 0 bridgehead atoms. The summed E-state index contributed by atoms with van der Waals surface area (Å²) in [6.07, 6.45) is 2.03. The largest absolute Gasteiger partial charge is 0.417 e. The van der Waals surface area contributed by atoms with Gasteiger partial charge in [-0.1, -0.05) is 102 Å². The molecule has 0 saturated carbocycles. The van der Waals surface area contributed by atoms with Crippen LogP contribution in [-0.4, -0.2) is 70.6 Å². The Kier molecular flexibility index (Phi) is 29.1. The van der Waals surface area contributed by atoms with E-state index in [9.17, 15) is 5.11 Å². The normalized spacial score (nSPS) is 13.2. The fraction of sp³-hybridized carbons (Fsp3) is 0.818. The second-order valence-electron chi connectivity index (χ2n) is 13.0. The lowest BCUT2D eigenvalue weighted by molar-refractivity contribution is 0.0218. The van der Waals surface area contributed by atoms with Gasteiger partial charge in [-0.2, -0.15) is 0 Å². The number of hydrogen-bond donors (Lipinski definition) is 3. The summed E-state index contributed by atoms with van der Waals surface area (Å²) in [4.78, 5) is 0. The maximum Gasteiger partial charge on any atom is 0.191 e. The van der Waals surface area contributed by atoms with Crippen LogP contribution in [-0.2, 0) is 20.2 Å². The highest BCUT2D eigenvalue weighted by Crippen LogP contribution is 2.37. The molecule has 41 heavy (non-hydrogen) atoms. The first-order valence-corrected chi connectivity index (χ1v) is 19.6. The van der Waals surface area contributed by atoms with Crippen LogP contribution in [0.1, 0.15) is 102 Å². The van der Waals surface area contributed by atoms with E-state index in [0.29, 0.717) is 26.2 Å². The molecule has 0 fully saturated rings. The highest BCUT2D eigenvalue weighted by molar-refractivity contribution is 6.74. The number of benzene rings is 1. The van der Waals surface area contributed by atoms with Crippen molar-refractivity contribution in [3.05, 3.63) is 35.9 Å². The maximum atomic E-state index is 9.95. The van der Waals surface area contributed by atoms with Crippen LogP contribution in [0.3, 0.4) is 0 Å². The molecule has 1 aromatic rings. The predicted octanol–water partition coefficient (Wildman–Crippen LogP) is 9.05. The summed E-state index contributed by atoms with van der Waals surface area (Å²) in [5, 5.41) is 28.2. The highest BCUT2D eigenvalue weighted by Gasteiger charge is 2.37. The van der Waals surface area contributed by atoms with Gasteiger partial charge in [0.1, 0.15) is 0 Å². The lowest BCUT2D eigenvalue weighted by atomic mass is 10.2. The molecule has 0 heterocycles. The number of rotatable bonds is 15. The molecular formula is C33H74O6Si2. The first-order chi connectivity index (χ1) is 16.9. The van der Waals surface area contributed by atoms with Crippen LogP contribution in [0, 0.1) is 0 Å². The topological polar surface area (TPSA) is 88.4 Å². The van der Waals surface area contributed by atoms with Crippen molar-refractivity contribution in [1.29, 1.82) is 0 Å². The smallest absolute Gasteiger partial charge is 0.191 e. The molecule has 0 amide bonds. The van der Waals surface area contributed by atoms with E-state index in [4.69, 9.17) is 23.8 Å². The minimum Gasteiger partial charge on any atom is -0.417 e. The lowest BCUT2D eigenvalue weighted by Crippen LogP contribution is -2.41. The minimum atomic E-state index is -1.66. The Balaban J connectivity index is -0.000000204. The second-order valence-corrected chi connectivity index (χ2v) is 22.6. The van der Waals surface area contributed by atoms with Crippen molar-refractivity contribution < 1.29 is 28.9 Å². The lowest BCUT2D eigenvalue weighted by Gasteiger charge is -2.36. The van der Waals surface area contributed by atoms with Gasteiger partial charge in [-0.3, -0.25) is 0 Å². The Labute approximate surface area is 259 Å². The standard InChI is InChI=1S/C18H32O3Si.C11H26O3Si.4CH4/c1-18(2,3)22(4,5)21-13-9-12-17(19)15-20-14-16-10-7-6-8-11-16;1-11(2,3)15(4,5)14-8-6-7-10(13)9-12;;;;/h6-8,10-11,17,19H,9,12-15H2,1-5H3;10,12-13H,6-9H2,1-5H3;4*1H4/t17-;10-;;;;/m11..../s1. The van der Waals surface area contributed by atoms with Gasteiger partial charge in [0.2, 0.25) is 0 Å². The first-order valence-electron chi connectivity index (χ1n) is 13.8. The molecule has 1 rings (SSSR count). The van der Waals surface area contributed by atoms with Crippen LogP contribution in [0.5, 0.6) is 0 Å². The van der Waals surface area contributed by atoms with Crippen LogP contribution >= 0.6 is 0 Å². The monoisotopic (exact) mass is 623 g/mol. The zero-order valence-electron chi connectivity index (χ0n) is 25.5. The van der Waals surface area contributed by atoms with Gasteiger partial charge in [-0.15, -0.1) is 0 Å². The Morgan fingerprint density at radius 2 is 1.07 bits per heavy atom. The number of hydrogen-bond acceptors (Lipinski definition) is 6. The molecule has 250 valence electrons. The maximum absolute atomic E-state index is 9.95. The summed E-state index contributed by atoms with van der Waals surface area (Å²) in [6.45, 7) is 24.5. The Hall–Kier alpha value is -0.586. The van der Waals surface area contributed by atoms with Gasteiger partial charge in [-0.25, -0.2) is 0 Å². The molecule has 0 radical (unpaired) electrons. The van der Waals surface area contributed by atoms with Crippen LogP contribution in [0.2, 0.25) is 36.3 Å². The molecule has 0 aliphatic heterocycles. The van der Waals surface area contributed by atoms with Crippen LogP contribution in [0.4, 0.5) is 0 Å². The van der Waals surface area contributed by atoms with Crippen molar-refractivity contribution in [2.75, 3.05) is 26.4 Å². The molecular weight excluding hydrogens is 549 g/mol. The van der Waals surface area contributed by atoms with Crippen molar-refractivity contribution in [2.24, 2.45) is 0 Å². The average molecular weight is 623 g/mol. The summed E-state index contributed by atoms with van der Waals surface area (Å²) in [7, 11) is -3.29. The Morgan fingerprint density at radius 1 is 0.683 bits per heavy atom. The molecule has 8 heteroatoms. The molecule has 0 aromatic heterocycles. The van der Waals surface area contributed by atoms with E-state index in [1.165, 1.54) is 0 Å². The molecule has 0 saturated heterocycles. The molecule has 0 aliphatic rings. The first kappa shape index (κ1) is 50.1. The quantitative estimate of drug-likeness (QED) is 0.134. The summed E-state index contributed by atoms with van der Waals surface area (Å²) in [5.74, 6) is 0. The zero-order chi connectivity index (χ0) is 28.8. The number of aliphatic hydroxyl groups is 3. The van der Waals surface area contributed by atoms with Gasteiger partial charge in [0.05, 0.1) is 32.0 Å². The van der Waals surface area contributed by atoms with Crippen molar-refractivity contribution in [3.63, 3.8) is 0 Å². The van der Waals surface area contributed by atoms with E-state index >= 15 is 0 Å². The van der Waals surface area contributed by atoms with Crippen molar-refractivity contribution in [1.82, 2.24) is 0 Å². The van der Waals surface area contributed by atoms with Gasteiger partial charge in [0.25, 0.3) is 0 Å².